The Balaban J connectivity index is 1.71. The molecule has 0 aliphatic carbocycles. The van der Waals surface area contributed by atoms with Crippen LogP contribution in [0.2, 0.25) is 0 Å². The van der Waals surface area contributed by atoms with E-state index in [0.717, 1.165) is 29.7 Å². The van der Waals surface area contributed by atoms with E-state index in [9.17, 15) is 9.59 Å². The maximum absolute atomic E-state index is 12.2. The van der Waals surface area contributed by atoms with Gasteiger partial charge in [-0.3, -0.25) is 14.7 Å². The quantitative estimate of drug-likeness (QED) is 0.399. The molecule has 2 heterocycles. The van der Waals surface area contributed by atoms with Gasteiger partial charge in [-0.05, 0) is 25.0 Å². The van der Waals surface area contributed by atoms with E-state index >= 15 is 0 Å². The highest BCUT2D eigenvalue weighted by atomic mass is 32.2. The lowest BCUT2D eigenvalue weighted by Gasteiger charge is -2.10. The molecule has 0 aliphatic rings. The predicted molar refractivity (Wildman–Crippen MR) is 115 cm³/mol. The number of unbranched alkanes of at least 4 members (excludes halogenated alkanes) is 1. The van der Waals surface area contributed by atoms with Crippen LogP contribution in [0.25, 0.3) is 11.4 Å². The highest BCUT2D eigenvalue weighted by Crippen LogP contribution is 2.27. The molecule has 2 N–H and O–H groups in total. The summed E-state index contributed by atoms with van der Waals surface area (Å²) in [5.74, 6) is 1.09. The highest BCUT2D eigenvalue weighted by Gasteiger charge is 2.19. The number of carbonyl (C=O) groups excluding carboxylic acids is 2. The zero-order valence-corrected chi connectivity index (χ0v) is 17.9. The van der Waals surface area contributed by atoms with Gasteiger partial charge in [-0.1, -0.05) is 55.4 Å². The average Bonchev–Trinajstić information content (AvgIpc) is 3.33. The third kappa shape index (κ3) is 5.73. The molecule has 0 fully saturated rings. The van der Waals surface area contributed by atoms with Crippen LogP contribution >= 0.6 is 11.8 Å². The normalized spacial score (nSPS) is 10.7. The largest absolute Gasteiger partial charge is 0.469 e. The SMILES string of the molecule is CCCCNC(=O)NC(=O)CSc1nnc(-c2ccoc2C)n1Cc1ccccc1. The molecule has 2 aromatic heterocycles. The second-order valence-electron chi connectivity index (χ2n) is 6.71. The fourth-order valence-corrected chi connectivity index (χ4v) is 3.57. The van der Waals surface area contributed by atoms with Gasteiger partial charge in [-0.15, -0.1) is 10.2 Å². The zero-order chi connectivity index (χ0) is 21.3. The van der Waals surface area contributed by atoms with Crippen molar-refractivity contribution >= 4 is 23.7 Å². The summed E-state index contributed by atoms with van der Waals surface area (Å²) in [6.45, 7) is 5.00. The summed E-state index contributed by atoms with van der Waals surface area (Å²) < 4.78 is 7.37. The number of urea groups is 1. The summed E-state index contributed by atoms with van der Waals surface area (Å²) in [4.78, 5) is 23.9. The van der Waals surface area contributed by atoms with E-state index in [-0.39, 0.29) is 11.7 Å². The van der Waals surface area contributed by atoms with Crippen molar-refractivity contribution in [3.05, 3.63) is 54.0 Å². The van der Waals surface area contributed by atoms with E-state index < -0.39 is 6.03 Å². The molecule has 0 radical (unpaired) electrons. The van der Waals surface area contributed by atoms with Crippen molar-refractivity contribution in [2.45, 2.75) is 38.4 Å². The Kier molecular flexibility index (Phi) is 7.67. The van der Waals surface area contributed by atoms with Crippen molar-refractivity contribution < 1.29 is 14.0 Å². The lowest BCUT2D eigenvalue weighted by atomic mass is 10.2. The molecule has 158 valence electrons. The minimum absolute atomic E-state index is 0.0541. The number of imide groups is 1. The molecule has 3 amide bonds. The number of hydrogen-bond donors (Lipinski definition) is 2. The van der Waals surface area contributed by atoms with E-state index in [1.165, 1.54) is 11.8 Å². The summed E-state index contributed by atoms with van der Waals surface area (Å²) >= 11 is 1.24. The van der Waals surface area contributed by atoms with Crippen molar-refractivity contribution in [3.63, 3.8) is 0 Å². The Morgan fingerprint density at radius 3 is 2.67 bits per heavy atom. The highest BCUT2D eigenvalue weighted by molar-refractivity contribution is 7.99. The van der Waals surface area contributed by atoms with Crippen LogP contribution in [0.1, 0.15) is 31.1 Å². The van der Waals surface area contributed by atoms with Crippen molar-refractivity contribution in [3.8, 4) is 11.4 Å². The van der Waals surface area contributed by atoms with Crippen LogP contribution in [0.4, 0.5) is 4.79 Å². The monoisotopic (exact) mass is 427 g/mol. The van der Waals surface area contributed by atoms with E-state index in [1.807, 2.05) is 54.8 Å². The maximum atomic E-state index is 12.2. The summed E-state index contributed by atoms with van der Waals surface area (Å²) in [7, 11) is 0. The Morgan fingerprint density at radius 2 is 1.97 bits per heavy atom. The smallest absolute Gasteiger partial charge is 0.321 e. The summed E-state index contributed by atoms with van der Waals surface area (Å²) in [5.41, 5.74) is 1.94. The van der Waals surface area contributed by atoms with Gasteiger partial charge in [-0.25, -0.2) is 4.79 Å². The van der Waals surface area contributed by atoms with Gasteiger partial charge in [0.1, 0.15) is 5.76 Å². The number of benzene rings is 1. The van der Waals surface area contributed by atoms with Gasteiger partial charge in [-0.2, -0.15) is 0 Å². The first-order chi connectivity index (χ1) is 14.6. The third-order valence-electron chi connectivity index (χ3n) is 4.40. The van der Waals surface area contributed by atoms with Gasteiger partial charge >= 0.3 is 6.03 Å². The molecule has 0 spiro atoms. The molecule has 3 rings (SSSR count). The minimum atomic E-state index is -0.477. The maximum Gasteiger partial charge on any atom is 0.321 e. The van der Waals surface area contributed by atoms with Crippen LogP contribution in [0.3, 0.4) is 0 Å². The van der Waals surface area contributed by atoms with E-state index in [1.54, 1.807) is 6.26 Å². The Labute approximate surface area is 179 Å². The van der Waals surface area contributed by atoms with Gasteiger partial charge in [0.05, 0.1) is 24.1 Å². The second-order valence-corrected chi connectivity index (χ2v) is 7.66. The van der Waals surface area contributed by atoms with Crippen LogP contribution < -0.4 is 10.6 Å². The summed E-state index contributed by atoms with van der Waals surface area (Å²) in [6.07, 6.45) is 3.46. The molecule has 30 heavy (non-hydrogen) atoms. The summed E-state index contributed by atoms with van der Waals surface area (Å²) in [5, 5.41) is 14.2. The average molecular weight is 428 g/mol. The number of carbonyl (C=O) groups is 2. The number of furan rings is 1. The molecular weight excluding hydrogens is 402 g/mol. The molecule has 0 unspecified atom stereocenters. The molecule has 3 aromatic rings. The number of nitrogens with one attached hydrogen (secondary N) is 2. The number of aromatic nitrogens is 3. The van der Waals surface area contributed by atoms with Gasteiger partial charge in [0.25, 0.3) is 0 Å². The second kappa shape index (κ2) is 10.6. The minimum Gasteiger partial charge on any atom is -0.469 e. The zero-order valence-electron chi connectivity index (χ0n) is 17.1. The topological polar surface area (TPSA) is 102 Å². The molecular formula is C21H25N5O3S. The van der Waals surface area contributed by atoms with Crippen molar-refractivity contribution in [2.75, 3.05) is 12.3 Å². The predicted octanol–water partition coefficient (Wildman–Crippen LogP) is 3.61. The number of thioether (sulfide) groups is 1. The van der Waals surface area contributed by atoms with E-state index in [2.05, 4.69) is 20.8 Å². The van der Waals surface area contributed by atoms with Crippen molar-refractivity contribution in [1.29, 1.82) is 0 Å². The lowest BCUT2D eigenvalue weighted by Crippen LogP contribution is -2.40. The van der Waals surface area contributed by atoms with Crippen LogP contribution in [0.15, 0.2) is 52.2 Å². The first-order valence-corrected chi connectivity index (χ1v) is 10.8. The molecule has 0 saturated heterocycles. The number of aryl methyl sites for hydroxylation is 1. The van der Waals surface area contributed by atoms with Crippen molar-refractivity contribution in [1.82, 2.24) is 25.4 Å². The van der Waals surface area contributed by atoms with Gasteiger partial charge in [0, 0.05) is 6.54 Å². The van der Waals surface area contributed by atoms with Crippen LogP contribution in [0, 0.1) is 6.92 Å². The fourth-order valence-electron chi connectivity index (χ4n) is 2.84. The number of hydrogen-bond acceptors (Lipinski definition) is 6. The Hall–Kier alpha value is -3.07. The Bertz CT molecular complexity index is 984. The van der Waals surface area contributed by atoms with E-state index in [4.69, 9.17) is 4.42 Å². The summed E-state index contributed by atoms with van der Waals surface area (Å²) in [6, 6.07) is 11.3. The third-order valence-corrected chi connectivity index (χ3v) is 5.37. The van der Waals surface area contributed by atoms with Crippen LogP contribution in [-0.2, 0) is 11.3 Å². The fraction of sp³-hybridized carbons (Fsp3) is 0.333. The number of rotatable bonds is 9. The molecule has 9 heteroatoms. The standard InChI is InChI=1S/C21H25N5O3S/c1-3-4-11-22-20(28)23-18(27)14-30-21-25-24-19(17-10-12-29-15(17)2)26(21)13-16-8-6-5-7-9-16/h5-10,12H,3-4,11,13-14H2,1-2H3,(H2,22,23,27,28). The molecule has 1 aromatic carbocycles. The van der Waals surface area contributed by atoms with E-state index in [0.29, 0.717) is 24.1 Å². The molecule has 0 atom stereocenters. The molecule has 0 saturated carbocycles. The van der Waals surface area contributed by atoms with Gasteiger partial charge in [0.15, 0.2) is 11.0 Å². The number of nitrogens with zero attached hydrogens (tertiary/aromatic N) is 3. The van der Waals surface area contributed by atoms with Crippen molar-refractivity contribution in [2.24, 2.45) is 0 Å². The van der Waals surface area contributed by atoms with Crippen LogP contribution in [-0.4, -0.2) is 39.0 Å². The molecule has 0 aliphatic heterocycles. The Morgan fingerprint density at radius 1 is 1.17 bits per heavy atom. The van der Waals surface area contributed by atoms with Crippen LogP contribution in [0.5, 0.6) is 0 Å². The first-order valence-electron chi connectivity index (χ1n) is 9.80. The molecule has 8 nitrogen and oxygen atoms in total. The lowest BCUT2D eigenvalue weighted by molar-refractivity contribution is -0.117. The number of amides is 3. The van der Waals surface area contributed by atoms with Gasteiger partial charge < -0.3 is 9.73 Å². The molecule has 0 bridgehead atoms. The van der Waals surface area contributed by atoms with Gasteiger partial charge in [0.2, 0.25) is 5.91 Å². The first kappa shape index (κ1) is 21.6.